The summed E-state index contributed by atoms with van der Waals surface area (Å²) in [4.78, 5) is 32.5. The normalized spacial score (nSPS) is 10.3. The Morgan fingerprint density at radius 3 is 2.39 bits per heavy atom. The number of carboxylic acid groups (broad SMARTS) is 1. The smallest absolute Gasteiger partial charge is 0.328 e. The molecule has 94 valence electrons. The van der Waals surface area contributed by atoms with Gasteiger partial charge in [-0.2, -0.15) is 0 Å². The van der Waals surface area contributed by atoms with Gasteiger partial charge < -0.3 is 15.5 Å². The van der Waals surface area contributed by atoms with Crippen molar-refractivity contribution in [2.45, 2.75) is 6.92 Å². The third-order valence-electron chi connectivity index (χ3n) is 1.96. The third-order valence-corrected chi connectivity index (χ3v) is 1.96. The van der Waals surface area contributed by atoms with Crippen LogP contribution in [0.2, 0.25) is 0 Å². The van der Waals surface area contributed by atoms with Gasteiger partial charge in [0, 0.05) is 24.8 Å². The van der Waals surface area contributed by atoms with E-state index < -0.39 is 11.8 Å². The predicted molar refractivity (Wildman–Crippen MR) is 63.5 cm³/mol. The average Bonchev–Trinajstić information content (AvgIpc) is 2.25. The Balaban J connectivity index is 2.95. The van der Waals surface area contributed by atoms with Gasteiger partial charge in [-0.25, -0.2) is 4.79 Å². The van der Waals surface area contributed by atoms with Gasteiger partial charge in [-0.3, -0.25) is 9.59 Å². The van der Waals surface area contributed by atoms with Crippen LogP contribution in [0.15, 0.2) is 30.4 Å². The zero-order chi connectivity index (χ0) is 13.7. The van der Waals surface area contributed by atoms with E-state index in [2.05, 4.69) is 5.32 Å². The van der Waals surface area contributed by atoms with E-state index in [1.165, 1.54) is 25.1 Å². The summed E-state index contributed by atoms with van der Waals surface area (Å²) in [6, 6.07) is 3.95. The number of aromatic hydroxyl groups is 1. The maximum absolute atomic E-state index is 11.5. The number of rotatable bonds is 4. The van der Waals surface area contributed by atoms with Gasteiger partial charge >= 0.3 is 5.97 Å². The number of anilines is 1. The minimum Gasteiger partial charge on any atom is -0.507 e. The molecule has 0 aromatic heterocycles. The molecule has 1 aromatic rings. The molecule has 6 nitrogen and oxygen atoms in total. The number of phenolic OH excluding ortho intramolecular Hbond substituents is 1. The van der Waals surface area contributed by atoms with Gasteiger partial charge in [-0.05, 0) is 18.2 Å². The van der Waals surface area contributed by atoms with Crippen LogP contribution in [-0.4, -0.2) is 27.9 Å². The fourth-order valence-corrected chi connectivity index (χ4v) is 1.26. The van der Waals surface area contributed by atoms with Crippen molar-refractivity contribution in [3.63, 3.8) is 0 Å². The highest BCUT2D eigenvalue weighted by Gasteiger charge is 2.09. The zero-order valence-electron chi connectivity index (χ0n) is 9.51. The lowest BCUT2D eigenvalue weighted by molar-refractivity contribution is -0.131. The molecule has 3 N–H and O–H groups in total. The molecule has 1 amide bonds. The Bertz CT molecular complexity index is 533. The second-order valence-electron chi connectivity index (χ2n) is 3.45. The molecule has 0 saturated heterocycles. The third kappa shape index (κ3) is 3.75. The van der Waals surface area contributed by atoms with E-state index in [-0.39, 0.29) is 17.2 Å². The average molecular weight is 249 g/mol. The summed E-state index contributed by atoms with van der Waals surface area (Å²) in [5, 5.41) is 20.4. The number of amides is 1. The summed E-state index contributed by atoms with van der Waals surface area (Å²) in [6.07, 6.45) is 1.53. The number of phenols is 1. The minimum absolute atomic E-state index is 0.0402. The summed E-state index contributed by atoms with van der Waals surface area (Å²) < 4.78 is 0. The predicted octanol–water partition coefficient (Wildman–Crippen LogP) is 1.17. The number of carboxylic acids is 1. The van der Waals surface area contributed by atoms with E-state index >= 15 is 0 Å². The number of carbonyl (C=O) groups excluding carboxylic acids is 2. The molecule has 18 heavy (non-hydrogen) atoms. The topological polar surface area (TPSA) is 104 Å². The zero-order valence-corrected chi connectivity index (χ0v) is 9.51. The van der Waals surface area contributed by atoms with Crippen molar-refractivity contribution in [3.05, 3.63) is 35.9 Å². The second kappa shape index (κ2) is 5.62. The lowest BCUT2D eigenvalue weighted by Gasteiger charge is -2.05. The molecule has 6 heteroatoms. The number of benzene rings is 1. The lowest BCUT2D eigenvalue weighted by atomic mass is 10.1. The molecule has 0 spiro atoms. The molecule has 1 rings (SSSR count). The van der Waals surface area contributed by atoms with Crippen molar-refractivity contribution in [1.82, 2.24) is 0 Å². The molecule has 1 aromatic carbocycles. The maximum Gasteiger partial charge on any atom is 0.328 e. The van der Waals surface area contributed by atoms with Crippen molar-refractivity contribution in [2.24, 2.45) is 0 Å². The SMILES string of the molecule is CC(=O)Nc1ccc(C(=O)/C=C/C(=O)O)c(O)c1. The number of aliphatic carboxylic acids is 1. The fraction of sp³-hybridized carbons (Fsp3) is 0.0833. The molecule has 0 saturated carbocycles. The molecular formula is C12H11NO5. The van der Waals surface area contributed by atoms with Crippen LogP contribution in [0.1, 0.15) is 17.3 Å². The highest BCUT2D eigenvalue weighted by Crippen LogP contribution is 2.22. The van der Waals surface area contributed by atoms with Crippen molar-refractivity contribution >= 4 is 23.3 Å². The minimum atomic E-state index is -1.25. The Morgan fingerprint density at radius 2 is 1.89 bits per heavy atom. The standard InChI is InChI=1S/C12H11NO5/c1-7(14)13-8-2-3-9(11(16)6-8)10(15)4-5-12(17)18/h2-6,16H,1H3,(H,13,14)(H,17,18)/b5-4+. The summed E-state index contributed by atoms with van der Waals surface area (Å²) in [5.41, 5.74) is 0.306. The number of allylic oxidation sites excluding steroid dienone is 1. The Labute approximate surface area is 103 Å². The van der Waals surface area contributed by atoms with Crippen LogP contribution in [0.5, 0.6) is 5.75 Å². The molecule has 0 aliphatic rings. The van der Waals surface area contributed by atoms with E-state index in [0.29, 0.717) is 11.8 Å². The molecule has 0 atom stereocenters. The van der Waals surface area contributed by atoms with Gasteiger partial charge in [0.05, 0.1) is 5.56 Å². The molecule has 0 heterocycles. The highest BCUT2D eigenvalue weighted by atomic mass is 16.4. The first-order valence-electron chi connectivity index (χ1n) is 4.96. The molecule has 0 bridgehead atoms. The molecule has 0 fully saturated rings. The van der Waals surface area contributed by atoms with Crippen LogP contribution in [-0.2, 0) is 9.59 Å². The largest absolute Gasteiger partial charge is 0.507 e. The van der Waals surface area contributed by atoms with E-state index in [9.17, 15) is 19.5 Å². The van der Waals surface area contributed by atoms with Crippen molar-refractivity contribution in [3.8, 4) is 5.75 Å². The monoisotopic (exact) mass is 249 g/mol. The van der Waals surface area contributed by atoms with Crippen LogP contribution in [0, 0.1) is 0 Å². The van der Waals surface area contributed by atoms with Crippen LogP contribution in [0.4, 0.5) is 5.69 Å². The summed E-state index contributed by atoms with van der Waals surface area (Å²) >= 11 is 0. The van der Waals surface area contributed by atoms with Gasteiger partial charge in [-0.1, -0.05) is 0 Å². The van der Waals surface area contributed by atoms with Crippen LogP contribution < -0.4 is 5.32 Å². The number of hydrogen-bond donors (Lipinski definition) is 3. The molecule has 0 radical (unpaired) electrons. The quantitative estimate of drug-likeness (QED) is 0.549. The Kier molecular flexibility index (Phi) is 4.20. The summed E-state index contributed by atoms with van der Waals surface area (Å²) in [5.74, 6) is -2.53. The van der Waals surface area contributed by atoms with Gasteiger partial charge in [0.2, 0.25) is 5.91 Å². The van der Waals surface area contributed by atoms with Crippen LogP contribution in [0.3, 0.4) is 0 Å². The molecular weight excluding hydrogens is 238 g/mol. The second-order valence-corrected chi connectivity index (χ2v) is 3.45. The summed E-state index contributed by atoms with van der Waals surface area (Å²) in [6.45, 7) is 1.31. The van der Waals surface area contributed by atoms with Gasteiger partial charge in [0.1, 0.15) is 5.75 Å². The van der Waals surface area contributed by atoms with E-state index in [1.807, 2.05) is 0 Å². The van der Waals surface area contributed by atoms with Crippen molar-refractivity contribution in [2.75, 3.05) is 5.32 Å². The van der Waals surface area contributed by atoms with Gasteiger partial charge in [0.15, 0.2) is 5.78 Å². The Hall–Kier alpha value is -2.63. The maximum atomic E-state index is 11.5. The molecule has 0 aliphatic heterocycles. The van der Waals surface area contributed by atoms with Gasteiger partial charge in [-0.15, -0.1) is 0 Å². The van der Waals surface area contributed by atoms with Crippen LogP contribution in [0.25, 0.3) is 0 Å². The van der Waals surface area contributed by atoms with E-state index in [4.69, 9.17) is 5.11 Å². The van der Waals surface area contributed by atoms with Crippen molar-refractivity contribution < 1.29 is 24.6 Å². The first kappa shape index (κ1) is 13.4. The number of hydrogen-bond acceptors (Lipinski definition) is 4. The first-order chi connectivity index (χ1) is 8.40. The summed E-state index contributed by atoms with van der Waals surface area (Å²) in [7, 11) is 0. The van der Waals surface area contributed by atoms with Gasteiger partial charge in [0.25, 0.3) is 0 Å². The van der Waals surface area contributed by atoms with Crippen molar-refractivity contribution in [1.29, 1.82) is 0 Å². The first-order valence-corrected chi connectivity index (χ1v) is 4.96. The lowest BCUT2D eigenvalue weighted by Crippen LogP contribution is -2.06. The number of carbonyl (C=O) groups is 3. The van der Waals surface area contributed by atoms with E-state index in [0.717, 1.165) is 6.08 Å². The Morgan fingerprint density at radius 1 is 1.22 bits per heavy atom. The number of nitrogens with one attached hydrogen (secondary N) is 1. The fourth-order valence-electron chi connectivity index (χ4n) is 1.26. The van der Waals surface area contributed by atoms with E-state index in [1.54, 1.807) is 0 Å². The molecule has 0 unspecified atom stereocenters. The van der Waals surface area contributed by atoms with Crippen LogP contribution >= 0.6 is 0 Å². The molecule has 0 aliphatic carbocycles. The number of ketones is 1. The highest BCUT2D eigenvalue weighted by molar-refractivity contribution is 6.08.